The smallest absolute Gasteiger partial charge is 0.211 e. The van der Waals surface area contributed by atoms with Gasteiger partial charge >= 0.3 is 0 Å². The molecule has 8 nitrogen and oxygen atoms in total. The van der Waals surface area contributed by atoms with Gasteiger partial charge in [0, 0.05) is 52.7 Å². The van der Waals surface area contributed by atoms with Crippen molar-refractivity contribution in [1.29, 1.82) is 0 Å². The van der Waals surface area contributed by atoms with Crippen molar-refractivity contribution in [3.8, 4) is 0 Å². The van der Waals surface area contributed by atoms with Crippen LogP contribution in [0.2, 0.25) is 0 Å². The number of carbonyl (C=O) groups is 1. The van der Waals surface area contributed by atoms with Crippen molar-refractivity contribution in [3.63, 3.8) is 0 Å². The fourth-order valence-electron chi connectivity index (χ4n) is 4.32. The number of aryl methyl sites for hydroxylation is 2. The summed E-state index contributed by atoms with van der Waals surface area (Å²) < 4.78 is 0. The first-order chi connectivity index (χ1) is 18.1. The second-order valence-corrected chi connectivity index (χ2v) is 8.90. The number of nitrogens with zero attached hydrogens (tertiary/aromatic N) is 3. The third-order valence-corrected chi connectivity index (χ3v) is 6.11. The number of rotatable bonds is 8. The summed E-state index contributed by atoms with van der Waals surface area (Å²) in [5, 5.41) is 12.4. The van der Waals surface area contributed by atoms with Crippen molar-refractivity contribution >= 4 is 34.8 Å². The molecule has 2 aromatic carbocycles. The van der Waals surface area contributed by atoms with E-state index < -0.39 is 0 Å². The van der Waals surface area contributed by atoms with E-state index in [2.05, 4.69) is 56.2 Å². The minimum Gasteiger partial charge on any atom is -0.355 e. The van der Waals surface area contributed by atoms with Gasteiger partial charge in [0.25, 0.3) is 0 Å². The molecule has 37 heavy (non-hydrogen) atoms. The Morgan fingerprint density at radius 3 is 2.43 bits per heavy atom. The molecule has 0 bridgehead atoms. The summed E-state index contributed by atoms with van der Waals surface area (Å²) >= 11 is 0. The number of fused-ring (bicyclic) bond motifs is 1. The van der Waals surface area contributed by atoms with Gasteiger partial charge in [-0.25, -0.2) is 0 Å². The Balaban J connectivity index is 0.000000180. The summed E-state index contributed by atoms with van der Waals surface area (Å²) in [6.45, 7) is 2.48. The molecule has 0 spiro atoms. The fourth-order valence-corrected chi connectivity index (χ4v) is 4.32. The molecule has 1 aliphatic rings. The summed E-state index contributed by atoms with van der Waals surface area (Å²) in [7, 11) is 0. The summed E-state index contributed by atoms with van der Waals surface area (Å²) in [6.07, 6.45) is 8.76. The van der Waals surface area contributed by atoms with Gasteiger partial charge in [-0.2, -0.15) is 4.91 Å². The first kappa shape index (κ1) is 25.5. The van der Waals surface area contributed by atoms with Crippen molar-refractivity contribution in [1.82, 2.24) is 9.97 Å². The lowest BCUT2D eigenvalue weighted by molar-refractivity contribution is -0.105. The molecular formula is C29H30N6O2. The average molecular weight is 495 g/mol. The number of carbonyl (C=O) groups excluding carboxylic acids is 1. The van der Waals surface area contributed by atoms with Gasteiger partial charge in [-0.3, -0.25) is 14.8 Å². The Bertz CT molecular complexity index is 1330. The van der Waals surface area contributed by atoms with E-state index in [0.717, 1.165) is 53.4 Å². The largest absolute Gasteiger partial charge is 0.355 e. The van der Waals surface area contributed by atoms with Crippen molar-refractivity contribution in [2.45, 2.75) is 26.2 Å². The molecule has 1 aliphatic carbocycles. The van der Waals surface area contributed by atoms with Crippen molar-refractivity contribution in [3.05, 3.63) is 107 Å². The van der Waals surface area contributed by atoms with Crippen molar-refractivity contribution in [2.24, 2.45) is 11.1 Å². The third-order valence-electron chi connectivity index (χ3n) is 6.11. The van der Waals surface area contributed by atoms with Crippen LogP contribution in [0.3, 0.4) is 0 Å². The van der Waals surface area contributed by atoms with Crippen LogP contribution >= 0.6 is 0 Å². The maximum atomic E-state index is 10.5. The molecule has 0 saturated carbocycles. The summed E-state index contributed by atoms with van der Waals surface area (Å²) in [5.41, 5.74) is 8.42. The molecule has 2 heterocycles. The van der Waals surface area contributed by atoms with Crippen molar-refractivity contribution in [2.75, 3.05) is 22.5 Å². The first-order valence-electron chi connectivity index (χ1n) is 12.2. The Kier molecular flexibility index (Phi) is 8.91. The van der Waals surface area contributed by atoms with E-state index >= 15 is 0 Å². The highest BCUT2D eigenvalue weighted by molar-refractivity contribution is 5.74. The van der Waals surface area contributed by atoms with Gasteiger partial charge in [-0.1, -0.05) is 23.4 Å². The number of amides is 1. The molecule has 4 aromatic rings. The molecule has 0 fully saturated rings. The topological polar surface area (TPSA) is 108 Å². The summed E-state index contributed by atoms with van der Waals surface area (Å²) in [6, 6.07) is 21.6. The highest BCUT2D eigenvalue weighted by atomic mass is 16.3. The first-order valence-corrected chi connectivity index (χ1v) is 12.2. The van der Waals surface area contributed by atoms with Crippen LogP contribution in [0.4, 0.5) is 28.4 Å². The predicted molar refractivity (Wildman–Crippen MR) is 149 cm³/mol. The molecule has 3 N–H and O–H groups in total. The minimum absolute atomic E-state index is 0.345. The van der Waals surface area contributed by atoms with Gasteiger partial charge in [0.2, 0.25) is 6.41 Å². The quantitative estimate of drug-likeness (QED) is 0.193. The number of anilines is 5. The Morgan fingerprint density at radius 2 is 1.68 bits per heavy atom. The number of hydrogen-bond acceptors (Lipinski definition) is 7. The molecule has 0 saturated heterocycles. The van der Waals surface area contributed by atoms with E-state index in [0.29, 0.717) is 18.9 Å². The van der Waals surface area contributed by atoms with Crippen LogP contribution in [-0.4, -0.2) is 22.9 Å². The van der Waals surface area contributed by atoms with E-state index in [1.807, 2.05) is 54.7 Å². The second kappa shape index (κ2) is 12.9. The zero-order valence-corrected chi connectivity index (χ0v) is 20.7. The Labute approximate surface area is 216 Å². The van der Waals surface area contributed by atoms with Crippen LogP contribution in [0.5, 0.6) is 0 Å². The molecule has 5 rings (SSSR count). The number of aromatic nitrogens is 2. The lowest BCUT2D eigenvalue weighted by atomic mass is 9.86. The number of benzene rings is 2. The molecule has 8 heteroatoms. The van der Waals surface area contributed by atoms with Crippen LogP contribution < -0.4 is 16.0 Å². The van der Waals surface area contributed by atoms with Gasteiger partial charge in [0.05, 0.1) is 6.54 Å². The third kappa shape index (κ3) is 7.44. The highest BCUT2D eigenvalue weighted by Crippen LogP contribution is 2.31. The lowest BCUT2D eigenvalue weighted by Gasteiger charge is -2.24. The van der Waals surface area contributed by atoms with E-state index in [1.54, 1.807) is 12.4 Å². The SMILES string of the molecule is Cc1cccc(Nc2ccnc3c2CC(CN=O)CC3)c1.O=CNc1cccc(Nc2ccncc2)c1. The number of nitroso groups, excluding NO2 is 1. The monoisotopic (exact) mass is 494 g/mol. The molecule has 0 radical (unpaired) electrons. The van der Waals surface area contributed by atoms with E-state index in [1.165, 1.54) is 11.1 Å². The van der Waals surface area contributed by atoms with Gasteiger partial charge in [-0.15, -0.1) is 0 Å². The molecule has 0 aliphatic heterocycles. The molecule has 2 aromatic heterocycles. The van der Waals surface area contributed by atoms with Gasteiger partial charge in [0.15, 0.2) is 0 Å². The zero-order chi connectivity index (χ0) is 25.9. The van der Waals surface area contributed by atoms with Crippen LogP contribution in [0.25, 0.3) is 0 Å². The zero-order valence-electron chi connectivity index (χ0n) is 20.7. The molecule has 188 valence electrons. The predicted octanol–water partition coefficient (Wildman–Crippen LogP) is 6.40. The van der Waals surface area contributed by atoms with Crippen LogP contribution in [-0.2, 0) is 17.6 Å². The fraction of sp³-hybridized carbons (Fsp3) is 0.207. The highest BCUT2D eigenvalue weighted by Gasteiger charge is 2.22. The van der Waals surface area contributed by atoms with Crippen molar-refractivity contribution < 1.29 is 4.79 Å². The van der Waals surface area contributed by atoms with Crippen LogP contribution in [0.1, 0.15) is 23.2 Å². The second-order valence-electron chi connectivity index (χ2n) is 8.90. The Morgan fingerprint density at radius 1 is 0.919 bits per heavy atom. The standard InChI is InChI=1S/C17H19N3O.C12H11N3O/c1-12-3-2-4-14(9-12)20-17-7-8-18-16-6-5-13(11-19-21)10-15(16)17;16-9-14-11-2-1-3-12(8-11)15-10-4-6-13-7-5-10/h2-4,7-9,13H,5-6,10-11H2,1H3,(H,18,20);1-9H,(H,13,15)(H,14,16). The van der Waals surface area contributed by atoms with Crippen LogP contribution in [0, 0.1) is 17.7 Å². The van der Waals surface area contributed by atoms with Gasteiger partial charge in [-0.05, 0) is 91.8 Å². The van der Waals surface area contributed by atoms with E-state index in [4.69, 9.17) is 0 Å². The maximum Gasteiger partial charge on any atom is 0.211 e. The molecule has 1 unspecified atom stereocenters. The minimum atomic E-state index is 0.345. The maximum absolute atomic E-state index is 10.5. The molecule has 1 amide bonds. The molecule has 1 atom stereocenters. The summed E-state index contributed by atoms with van der Waals surface area (Å²) in [5.74, 6) is 0.345. The van der Waals surface area contributed by atoms with Gasteiger partial charge < -0.3 is 16.0 Å². The normalized spacial score (nSPS) is 13.8. The van der Waals surface area contributed by atoms with E-state index in [9.17, 15) is 9.70 Å². The summed E-state index contributed by atoms with van der Waals surface area (Å²) in [4.78, 5) is 29.2. The van der Waals surface area contributed by atoms with Gasteiger partial charge in [0.1, 0.15) is 0 Å². The number of nitrogens with one attached hydrogen (secondary N) is 3. The number of hydrogen-bond donors (Lipinski definition) is 3. The number of pyridine rings is 2. The molecular weight excluding hydrogens is 464 g/mol. The Hall–Kier alpha value is -4.59. The average Bonchev–Trinajstić information content (AvgIpc) is 2.91. The van der Waals surface area contributed by atoms with E-state index in [-0.39, 0.29) is 0 Å². The van der Waals surface area contributed by atoms with Crippen LogP contribution in [0.15, 0.2) is 90.5 Å². The lowest BCUT2D eigenvalue weighted by Crippen LogP contribution is -2.19.